The molecule has 1 aliphatic heterocycles. The summed E-state index contributed by atoms with van der Waals surface area (Å²) in [7, 11) is 0. The van der Waals surface area contributed by atoms with Gasteiger partial charge in [0, 0.05) is 41.8 Å². The smallest absolute Gasteiger partial charge is 0.366 e. The number of carbonyl (C=O) groups excluding carboxylic acids is 1. The number of thiazole rings is 1. The lowest BCUT2D eigenvalue weighted by molar-refractivity contribution is -0.138. The molecule has 1 amide bonds. The zero-order valence-corrected chi connectivity index (χ0v) is 21.2. The Hall–Kier alpha value is -3.84. The van der Waals surface area contributed by atoms with Crippen molar-refractivity contribution in [2.24, 2.45) is 5.73 Å². The molecule has 3 N–H and O–H groups in total. The molecule has 204 valence electrons. The Bertz CT molecular complexity index is 1500. The number of nitrogens with zero attached hydrogens (tertiary/aromatic N) is 4. The van der Waals surface area contributed by atoms with Crippen LogP contribution >= 0.6 is 11.3 Å². The second kappa shape index (κ2) is 10.7. The topological polar surface area (TPSA) is 89.1 Å². The lowest BCUT2D eigenvalue weighted by atomic mass is 10.1. The third kappa shape index (κ3) is 5.78. The maximum absolute atomic E-state index is 14.8. The second-order valence-electron chi connectivity index (χ2n) is 9.17. The predicted octanol–water partition coefficient (Wildman–Crippen LogP) is 5.53. The van der Waals surface area contributed by atoms with Crippen molar-refractivity contribution >= 4 is 28.6 Å². The highest BCUT2D eigenvalue weighted by atomic mass is 32.1. The standard InChI is InChI=1S/C26H23F5N6OS/c27-19-6-1-5-18(26(29,30)31)17(19)13-37-11-15(10-33-37)25-35-22(14-39-25)24(38)34-21-8-2-7-20(28)23(21)36-9-3-4-16(32)12-36/h1-2,5-8,10-11,14,16H,3-4,9,12-13,32H2,(H,34,38)/t16-/m1/s1. The van der Waals surface area contributed by atoms with E-state index in [0.717, 1.165) is 42.4 Å². The van der Waals surface area contributed by atoms with Crippen LogP contribution in [0.15, 0.2) is 54.2 Å². The highest BCUT2D eigenvalue weighted by molar-refractivity contribution is 7.13. The van der Waals surface area contributed by atoms with E-state index in [9.17, 15) is 26.7 Å². The maximum Gasteiger partial charge on any atom is 0.416 e. The molecular formula is C26H23F5N6OS. The van der Waals surface area contributed by atoms with E-state index in [1.165, 1.54) is 34.6 Å². The van der Waals surface area contributed by atoms with E-state index in [1.54, 1.807) is 6.07 Å². The first kappa shape index (κ1) is 26.8. The van der Waals surface area contributed by atoms with Gasteiger partial charge in [-0.3, -0.25) is 9.48 Å². The minimum absolute atomic E-state index is 0.0711. The predicted molar refractivity (Wildman–Crippen MR) is 138 cm³/mol. The van der Waals surface area contributed by atoms with E-state index in [1.807, 2.05) is 4.90 Å². The Kier molecular flexibility index (Phi) is 7.36. The molecule has 0 aliphatic carbocycles. The van der Waals surface area contributed by atoms with Gasteiger partial charge in [0.15, 0.2) is 0 Å². The fourth-order valence-corrected chi connectivity index (χ4v) is 5.33. The monoisotopic (exact) mass is 562 g/mol. The van der Waals surface area contributed by atoms with Crippen molar-refractivity contribution in [3.8, 4) is 10.6 Å². The zero-order chi connectivity index (χ0) is 27.7. The summed E-state index contributed by atoms with van der Waals surface area (Å²) >= 11 is 1.13. The molecule has 3 heterocycles. The van der Waals surface area contributed by atoms with Crippen LogP contribution in [-0.4, -0.2) is 39.8 Å². The third-order valence-electron chi connectivity index (χ3n) is 6.37. The van der Waals surface area contributed by atoms with Gasteiger partial charge in [-0.2, -0.15) is 18.3 Å². The van der Waals surface area contributed by atoms with Crippen molar-refractivity contribution in [1.82, 2.24) is 14.8 Å². The summed E-state index contributed by atoms with van der Waals surface area (Å²) in [6.45, 7) is 0.633. The molecule has 7 nitrogen and oxygen atoms in total. The Morgan fingerprint density at radius 1 is 1.15 bits per heavy atom. The van der Waals surface area contributed by atoms with E-state index in [0.29, 0.717) is 29.3 Å². The van der Waals surface area contributed by atoms with Crippen molar-refractivity contribution < 1.29 is 26.7 Å². The number of nitrogens with two attached hydrogens (primary N) is 1. The largest absolute Gasteiger partial charge is 0.416 e. The number of piperidine rings is 1. The third-order valence-corrected chi connectivity index (χ3v) is 7.26. The number of hydrogen-bond donors (Lipinski definition) is 2. The number of rotatable bonds is 6. The molecule has 2 aromatic heterocycles. The molecular weight excluding hydrogens is 539 g/mol. The fraction of sp³-hybridized carbons (Fsp3) is 0.269. The van der Waals surface area contributed by atoms with Crippen molar-refractivity contribution in [1.29, 1.82) is 0 Å². The van der Waals surface area contributed by atoms with Crippen LogP contribution in [-0.2, 0) is 12.7 Å². The van der Waals surface area contributed by atoms with Crippen molar-refractivity contribution in [3.05, 3.63) is 82.6 Å². The SMILES string of the molecule is N[C@@H]1CCCN(c2c(F)cccc2NC(=O)c2csc(-c3cnn(Cc4c(F)cccc4C(F)(F)F)c3)n2)C1. The number of carbonyl (C=O) groups is 1. The van der Waals surface area contributed by atoms with Crippen LogP contribution in [0.3, 0.4) is 0 Å². The van der Waals surface area contributed by atoms with E-state index in [-0.39, 0.29) is 17.4 Å². The van der Waals surface area contributed by atoms with E-state index < -0.39 is 41.4 Å². The number of para-hydroxylation sites is 1. The molecule has 13 heteroatoms. The van der Waals surface area contributed by atoms with Gasteiger partial charge in [0.2, 0.25) is 0 Å². The van der Waals surface area contributed by atoms with Gasteiger partial charge in [-0.05, 0) is 37.1 Å². The van der Waals surface area contributed by atoms with Crippen LogP contribution in [0, 0.1) is 11.6 Å². The molecule has 1 fully saturated rings. The molecule has 1 atom stereocenters. The van der Waals surface area contributed by atoms with Crippen molar-refractivity contribution in [3.63, 3.8) is 0 Å². The van der Waals surface area contributed by atoms with Crippen molar-refractivity contribution in [2.75, 3.05) is 23.3 Å². The lowest BCUT2D eigenvalue weighted by Gasteiger charge is -2.34. The first-order valence-electron chi connectivity index (χ1n) is 12.0. The Morgan fingerprint density at radius 2 is 1.92 bits per heavy atom. The van der Waals surface area contributed by atoms with Gasteiger partial charge in [-0.15, -0.1) is 11.3 Å². The van der Waals surface area contributed by atoms with Crippen LogP contribution in [0.4, 0.5) is 33.3 Å². The molecule has 0 spiro atoms. The highest BCUT2D eigenvalue weighted by Gasteiger charge is 2.34. The van der Waals surface area contributed by atoms with Crippen LogP contribution in [0.2, 0.25) is 0 Å². The van der Waals surface area contributed by atoms with Crippen molar-refractivity contribution in [2.45, 2.75) is 31.6 Å². The summed E-state index contributed by atoms with van der Waals surface area (Å²) in [5.74, 6) is -2.02. The van der Waals surface area contributed by atoms with Gasteiger partial charge in [-0.1, -0.05) is 12.1 Å². The number of nitrogens with one attached hydrogen (secondary N) is 1. The normalized spacial score (nSPS) is 15.9. The number of halogens is 5. The summed E-state index contributed by atoms with van der Waals surface area (Å²) in [5.41, 5.74) is 5.53. The van der Waals surface area contributed by atoms with Gasteiger partial charge in [-0.25, -0.2) is 13.8 Å². The second-order valence-corrected chi connectivity index (χ2v) is 10.0. The summed E-state index contributed by atoms with van der Waals surface area (Å²) in [4.78, 5) is 19.1. The van der Waals surface area contributed by atoms with Gasteiger partial charge < -0.3 is 16.0 Å². The number of alkyl halides is 3. The van der Waals surface area contributed by atoms with Gasteiger partial charge in [0.1, 0.15) is 22.3 Å². The fourth-order valence-electron chi connectivity index (χ4n) is 4.56. The Morgan fingerprint density at radius 3 is 2.69 bits per heavy atom. The van der Waals surface area contributed by atoms with E-state index in [2.05, 4.69) is 15.4 Å². The zero-order valence-electron chi connectivity index (χ0n) is 20.4. The molecule has 0 saturated carbocycles. The number of anilines is 2. The maximum atomic E-state index is 14.8. The molecule has 39 heavy (non-hydrogen) atoms. The Balaban J connectivity index is 1.33. The van der Waals surface area contributed by atoms with E-state index in [4.69, 9.17) is 5.73 Å². The minimum Gasteiger partial charge on any atom is -0.366 e. The molecule has 0 radical (unpaired) electrons. The summed E-state index contributed by atoms with van der Waals surface area (Å²) in [5, 5.41) is 8.66. The summed E-state index contributed by atoms with van der Waals surface area (Å²) in [6, 6.07) is 7.12. The summed E-state index contributed by atoms with van der Waals surface area (Å²) in [6.07, 6.45) is -0.266. The molecule has 1 saturated heterocycles. The van der Waals surface area contributed by atoms with Gasteiger partial charge >= 0.3 is 6.18 Å². The van der Waals surface area contributed by atoms with Gasteiger partial charge in [0.05, 0.1) is 29.7 Å². The molecule has 5 rings (SSSR count). The number of benzene rings is 2. The van der Waals surface area contributed by atoms with Crippen LogP contribution in [0.1, 0.15) is 34.5 Å². The average Bonchev–Trinajstić information content (AvgIpc) is 3.55. The molecule has 0 bridgehead atoms. The Labute approximate surface area is 224 Å². The number of amides is 1. The van der Waals surface area contributed by atoms with Crippen LogP contribution in [0.5, 0.6) is 0 Å². The van der Waals surface area contributed by atoms with Crippen LogP contribution < -0.4 is 16.0 Å². The number of aromatic nitrogens is 3. The molecule has 1 aliphatic rings. The number of hydrogen-bond acceptors (Lipinski definition) is 6. The molecule has 0 unspecified atom stereocenters. The first-order valence-corrected chi connectivity index (χ1v) is 12.9. The highest BCUT2D eigenvalue weighted by Crippen LogP contribution is 2.34. The molecule has 2 aromatic carbocycles. The van der Waals surface area contributed by atoms with Gasteiger partial charge in [0.25, 0.3) is 5.91 Å². The lowest BCUT2D eigenvalue weighted by Crippen LogP contribution is -2.43. The first-order chi connectivity index (χ1) is 18.6. The van der Waals surface area contributed by atoms with E-state index >= 15 is 0 Å². The summed E-state index contributed by atoms with van der Waals surface area (Å²) < 4.78 is 70.2. The minimum atomic E-state index is -4.72. The average molecular weight is 563 g/mol. The van der Waals surface area contributed by atoms with Crippen LogP contribution in [0.25, 0.3) is 10.6 Å². The molecule has 4 aromatic rings. The quantitative estimate of drug-likeness (QED) is 0.302.